The molecule has 0 spiro atoms. The van der Waals surface area contributed by atoms with Crippen molar-refractivity contribution in [2.24, 2.45) is 0 Å². The fraction of sp³-hybridized carbons (Fsp3) is 0.455. The van der Waals surface area contributed by atoms with Crippen LogP contribution in [0.2, 0.25) is 0 Å². The Morgan fingerprint density at radius 1 is 1.24 bits per heavy atom. The van der Waals surface area contributed by atoms with Gasteiger partial charge in [0.15, 0.2) is 0 Å². The van der Waals surface area contributed by atoms with Crippen LogP contribution >= 0.6 is 0 Å². The van der Waals surface area contributed by atoms with Gasteiger partial charge in [-0.15, -0.1) is 0 Å². The molecule has 0 bridgehead atoms. The predicted molar refractivity (Wildman–Crippen MR) is 57.8 cm³/mol. The third-order valence-electron chi connectivity index (χ3n) is 2.21. The van der Waals surface area contributed by atoms with Crippen molar-refractivity contribution in [3.63, 3.8) is 0 Å². The number of alkyl halides is 3. The summed E-state index contributed by atoms with van der Waals surface area (Å²) in [5, 5.41) is 2.81. The van der Waals surface area contributed by atoms with E-state index in [1.165, 1.54) is 12.1 Å². The van der Waals surface area contributed by atoms with Crippen molar-refractivity contribution in [3.05, 3.63) is 29.6 Å². The summed E-state index contributed by atoms with van der Waals surface area (Å²) in [6.45, 7) is 0.570. The second-order valence-corrected chi connectivity index (χ2v) is 3.75. The molecule has 1 rings (SSSR count). The third-order valence-corrected chi connectivity index (χ3v) is 2.21. The molecule has 0 aliphatic carbocycles. The first-order valence-electron chi connectivity index (χ1n) is 5.20. The number of hydrogen-bond donors (Lipinski definition) is 2. The number of halogens is 4. The molecule has 0 aromatic heterocycles. The third kappa shape index (κ3) is 5.53. The molecule has 0 radical (unpaired) electrons. The summed E-state index contributed by atoms with van der Waals surface area (Å²) in [6, 6.07) is 4.34. The van der Waals surface area contributed by atoms with Gasteiger partial charge in [-0.1, -0.05) is 6.07 Å². The van der Waals surface area contributed by atoms with Crippen molar-refractivity contribution in [1.29, 1.82) is 0 Å². The van der Waals surface area contributed by atoms with Gasteiger partial charge in [0.25, 0.3) is 0 Å². The molecular weight excluding hydrogens is 236 g/mol. The molecule has 6 heteroatoms. The Bertz CT molecular complexity index is 363. The number of rotatable bonds is 5. The zero-order valence-corrected chi connectivity index (χ0v) is 9.15. The van der Waals surface area contributed by atoms with Crippen LogP contribution < -0.4 is 11.1 Å². The normalized spacial score (nSPS) is 11.8. The summed E-state index contributed by atoms with van der Waals surface area (Å²) in [4.78, 5) is 0. The summed E-state index contributed by atoms with van der Waals surface area (Å²) >= 11 is 0. The van der Waals surface area contributed by atoms with Gasteiger partial charge in [0.1, 0.15) is 5.82 Å². The first-order valence-corrected chi connectivity index (χ1v) is 5.20. The molecule has 96 valence electrons. The van der Waals surface area contributed by atoms with Crippen LogP contribution in [0.15, 0.2) is 18.2 Å². The molecule has 17 heavy (non-hydrogen) atoms. The van der Waals surface area contributed by atoms with E-state index < -0.39 is 18.4 Å². The van der Waals surface area contributed by atoms with Gasteiger partial charge < -0.3 is 11.1 Å². The molecule has 0 saturated heterocycles. The number of nitrogens with two attached hydrogens (primary N) is 1. The lowest BCUT2D eigenvalue weighted by atomic mass is 10.2. The van der Waals surface area contributed by atoms with Crippen LogP contribution in [0.5, 0.6) is 0 Å². The van der Waals surface area contributed by atoms with Crippen molar-refractivity contribution >= 4 is 5.69 Å². The van der Waals surface area contributed by atoms with Crippen LogP contribution in [-0.2, 0) is 6.54 Å². The van der Waals surface area contributed by atoms with Crippen molar-refractivity contribution in [2.75, 3.05) is 12.3 Å². The van der Waals surface area contributed by atoms with E-state index in [0.717, 1.165) is 0 Å². The van der Waals surface area contributed by atoms with Gasteiger partial charge >= 0.3 is 6.18 Å². The minimum atomic E-state index is -4.12. The Kier molecular flexibility index (Phi) is 4.74. The minimum Gasteiger partial charge on any atom is -0.396 e. The highest BCUT2D eigenvalue weighted by atomic mass is 19.4. The Balaban J connectivity index is 2.25. The summed E-state index contributed by atoms with van der Waals surface area (Å²) in [6.07, 6.45) is -4.91. The Morgan fingerprint density at radius 2 is 1.94 bits per heavy atom. The summed E-state index contributed by atoms with van der Waals surface area (Å²) in [5.41, 5.74) is 6.01. The Labute approximate surface area is 96.8 Å². The van der Waals surface area contributed by atoms with Crippen molar-refractivity contribution in [2.45, 2.75) is 25.6 Å². The van der Waals surface area contributed by atoms with Crippen LogP contribution in [0.1, 0.15) is 18.4 Å². The first-order chi connectivity index (χ1) is 7.88. The second-order valence-electron chi connectivity index (χ2n) is 3.75. The van der Waals surface area contributed by atoms with Gasteiger partial charge in [0.2, 0.25) is 0 Å². The van der Waals surface area contributed by atoms with E-state index in [1.54, 1.807) is 6.07 Å². The number of nitrogen functional groups attached to an aromatic ring is 1. The van der Waals surface area contributed by atoms with Crippen LogP contribution in [-0.4, -0.2) is 12.7 Å². The number of hydrogen-bond acceptors (Lipinski definition) is 2. The van der Waals surface area contributed by atoms with Crippen LogP contribution in [0, 0.1) is 5.82 Å². The van der Waals surface area contributed by atoms with E-state index in [1.807, 2.05) is 0 Å². The maximum Gasteiger partial charge on any atom is 0.389 e. The molecule has 0 saturated carbocycles. The fourth-order valence-electron chi connectivity index (χ4n) is 1.33. The summed E-state index contributed by atoms with van der Waals surface area (Å²) < 4.78 is 48.4. The molecule has 0 fully saturated rings. The number of nitrogens with one attached hydrogen (secondary N) is 1. The fourth-order valence-corrected chi connectivity index (χ4v) is 1.33. The van der Waals surface area contributed by atoms with Gasteiger partial charge in [0.05, 0.1) is 5.69 Å². The maximum atomic E-state index is 13.0. The molecular formula is C11H14F4N2. The quantitative estimate of drug-likeness (QED) is 0.479. The molecule has 1 aromatic carbocycles. The molecule has 3 N–H and O–H groups in total. The van der Waals surface area contributed by atoms with E-state index >= 15 is 0 Å². The van der Waals surface area contributed by atoms with Gasteiger partial charge in [-0.3, -0.25) is 0 Å². The summed E-state index contributed by atoms with van der Waals surface area (Å²) in [7, 11) is 0. The topological polar surface area (TPSA) is 38.0 Å². The van der Waals surface area contributed by atoms with E-state index in [-0.39, 0.29) is 18.7 Å². The highest BCUT2D eigenvalue weighted by Gasteiger charge is 2.25. The lowest BCUT2D eigenvalue weighted by Gasteiger charge is -2.07. The number of benzene rings is 1. The largest absolute Gasteiger partial charge is 0.396 e. The standard InChI is InChI=1S/C11H14F4N2/c12-9-6-8(2-3-10(9)16)7-17-5-1-4-11(13,14)15/h2-3,6,17H,1,4-5,7,16H2. The lowest BCUT2D eigenvalue weighted by molar-refractivity contribution is -0.135. The zero-order chi connectivity index (χ0) is 12.9. The summed E-state index contributed by atoms with van der Waals surface area (Å²) in [5.74, 6) is -0.514. The number of anilines is 1. The van der Waals surface area contributed by atoms with Gasteiger partial charge in [0, 0.05) is 13.0 Å². The van der Waals surface area contributed by atoms with Gasteiger partial charge in [-0.25, -0.2) is 4.39 Å². The van der Waals surface area contributed by atoms with Crippen LogP contribution in [0.3, 0.4) is 0 Å². The minimum absolute atomic E-state index is 0.0148. The monoisotopic (exact) mass is 250 g/mol. The van der Waals surface area contributed by atoms with Gasteiger partial charge in [-0.05, 0) is 30.7 Å². The lowest BCUT2D eigenvalue weighted by Crippen LogP contribution is -2.17. The molecule has 0 heterocycles. The Morgan fingerprint density at radius 3 is 2.53 bits per heavy atom. The molecule has 0 aliphatic rings. The Hall–Kier alpha value is -1.30. The van der Waals surface area contributed by atoms with Crippen LogP contribution in [0.4, 0.5) is 23.2 Å². The van der Waals surface area contributed by atoms with E-state index in [2.05, 4.69) is 5.32 Å². The van der Waals surface area contributed by atoms with E-state index in [4.69, 9.17) is 5.73 Å². The average molecular weight is 250 g/mol. The predicted octanol–water partition coefficient (Wildman–Crippen LogP) is 2.84. The van der Waals surface area contributed by atoms with Crippen molar-refractivity contribution in [3.8, 4) is 0 Å². The maximum absolute atomic E-state index is 13.0. The van der Waals surface area contributed by atoms with E-state index in [0.29, 0.717) is 12.1 Å². The first kappa shape index (κ1) is 13.8. The molecule has 1 aromatic rings. The smallest absolute Gasteiger partial charge is 0.389 e. The zero-order valence-electron chi connectivity index (χ0n) is 9.15. The molecule has 2 nitrogen and oxygen atoms in total. The van der Waals surface area contributed by atoms with Crippen molar-refractivity contribution < 1.29 is 17.6 Å². The second kappa shape index (κ2) is 5.86. The average Bonchev–Trinajstić information content (AvgIpc) is 2.21. The molecule has 0 atom stereocenters. The molecule has 0 amide bonds. The van der Waals surface area contributed by atoms with Crippen molar-refractivity contribution in [1.82, 2.24) is 5.32 Å². The van der Waals surface area contributed by atoms with Crippen LogP contribution in [0.25, 0.3) is 0 Å². The van der Waals surface area contributed by atoms with Gasteiger partial charge in [-0.2, -0.15) is 13.2 Å². The SMILES string of the molecule is Nc1ccc(CNCCCC(F)(F)F)cc1F. The molecule has 0 aliphatic heterocycles. The molecule has 0 unspecified atom stereocenters. The highest BCUT2D eigenvalue weighted by Crippen LogP contribution is 2.20. The van der Waals surface area contributed by atoms with E-state index in [9.17, 15) is 17.6 Å². The highest BCUT2D eigenvalue weighted by molar-refractivity contribution is 5.41.